The third-order valence-corrected chi connectivity index (χ3v) is 7.02. The molecule has 1 saturated carbocycles. The van der Waals surface area contributed by atoms with Gasteiger partial charge in [0.05, 0.1) is 20.6 Å². The molecule has 2 aromatic carbocycles. The van der Waals surface area contributed by atoms with Crippen LogP contribution in [0.5, 0.6) is 11.5 Å². The van der Waals surface area contributed by atoms with Crippen LogP contribution < -0.4 is 19.7 Å². The molecule has 0 unspecified atom stereocenters. The van der Waals surface area contributed by atoms with Crippen molar-refractivity contribution in [3.63, 3.8) is 0 Å². The number of anilines is 1. The van der Waals surface area contributed by atoms with E-state index in [1.165, 1.54) is 11.3 Å². The van der Waals surface area contributed by atoms with Crippen molar-refractivity contribution >= 4 is 28.8 Å². The zero-order chi connectivity index (χ0) is 23.9. The summed E-state index contributed by atoms with van der Waals surface area (Å²) in [6.45, 7) is 0. The highest BCUT2D eigenvalue weighted by Gasteiger charge is 2.34. The van der Waals surface area contributed by atoms with Crippen LogP contribution in [-0.2, 0) is 16.0 Å². The van der Waals surface area contributed by atoms with Gasteiger partial charge in [-0.3, -0.25) is 14.5 Å². The minimum atomic E-state index is -0.837. The van der Waals surface area contributed by atoms with E-state index >= 15 is 0 Å². The summed E-state index contributed by atoms with van der Waals surface area (Å²) in [6.07, 6.45) is 4.34. The number of carbonyl (C=O) groups excluding carboxylic acids is 2. The van der Waals surface area contributed by atoms with Gasteiger partial charge in [0, 0.05) is 16.6 Å². The quantitative estimate of drug-likeness (QED) is 0.462. The van der Waals surface area contributed by atoms with Crippen molar-refractivity contribution in [2.45, 2.75) is 44.2 Å². The van der Waals surface area contributed by atoms with Gasteiger partial charge in [-0.05, 0) is 66.2 Å². The predicted octanol–water partition coefficient (Wildman–Crippen LogP) is 5.14. The van der Waals surface area contributed by atoms with Crippen molar-refractivity contribution in [1.29, 1.82) is 0 Å². The lowest BCUT2D eigenvalue weighted by Crippen LogP contribution is -2.46. The highest BCUT2D eigenvalue weighted by atomic mass is 32.1. The molecule has 0 saturated heterocycles. The fourth-order valence-corrected chi connectivity index (χ4v) is 5.10. The summed E-state index contributed by atoms with van der Waals surface area (Å²) in [5.74, 6) is 0.983. The van der Waals surface area contributed by atoms with Gasteiger partial charge in [-0.15, -0.1) is 11.3 Å². The Hall–Kier alpha value is -3.32. The molecule has 0 bridgehead atoms. The first kappa shape index (κ1) is 23.8. The topological polar surface area (TPSA) is 67.9 Å². The monoisotopic (exact) mass is 478 g/mol. The van der Waals surface area contributed by atoms with Gasteiger partial charge in [-0.2, -0.15) is 0 Å². The number of ether oxygens (including phenoxy) is 2. The fraction of sp³-hybridized carbons (Fsp3) is 0.333. The SMILES string of the molecule is COc1ccc(N(C(=O)Cc2cccs2)[C@H](C(=O)NC2CCCC2)c2cccc(OC)c2)cc1. The predicted molar refractivity (Wildman–Crippen MR) is 135 cm³/mol. The van der Waals surface area contributed by atoms with E-state index in [9.17, 15) is 9.59 Å². The maximum Gasteiger partial charge on any atom is 0.248 e. The van der Waals surface area contributed by atoms with Crippen LogP contribution in [-0.4, -0.2) is 32.1 Å². The number of amides is 2. The summed E-state index contributed by atoms with van der Waals surface area (Å²) < 4.78 is 10.7. The average Bonchev–Trinajstić information content (AvgIpc) is 3.57. The zero-order valence-electron chi connectivity index (χ0n) is 19.5. The van der Waals surface area contributed by atoms with Crippen molar-refractivity contribution in [3.8, 4) is 11.5 Å². The van der Waals surface area contributed by atoms with Gasteiger partial charge in [-0.25, -0.2) is 0 Å². The Balaban J connectivity index is 1.77. The molecule has 3 aromatic rings. The molecule has 1 atom stereocenters. The van der Waals surface area contributed by atoms with Gasteiger partial charge in [-0.1, -0.05) is 31.0 Å². The van der Waals surface area contributed by atoms with Crippen LogP contribution in [0.2, 0.25) is 0 Å². The first-order valence-corrected chi connectivity index (χ1v) is 12.4. The van der Waals surface area contributed by atoms with Gasteiger partial charge in [0.15, 0.2) is 0 Å². The number of carbonyl (C=O) groups is 2. The van der Waals surface area contributed by atoms with Crippen molar-refractivity contribution in [3.05, 3.63) is 76.5 Å². The Bertz CT molecular complexity index is 1090. The molecule has 1 aliphatic carbocycles. The number of benzene rings is 2. The van der Waals surface area contributed by atoms with E-state index in [0.717, 1.165) is 30.6 Å². The van der Waals surface area contributed by atoms with E-state index in [2.05, 4.69) is 5.32 Å². The Kier molecular flexibility index (Phi) is 7.85. The highest BCUT2D eigenvalue weighted by molar-refractivity contribution is 7.10. The first-order valence-electron chi connectivity index (χ1n) is 11.5. The van der Waals surface area contributed by atoms with Crippen molar-refractivity contribution in [2.24, 2.45) is 0 Å². The molecule has 1 N–H and O–H groups in total. The summed E-state index contributed by atoms with van der Waals surface area (Å²) in [6, 6.07) is 17.8. The standard InChI is InChI=1S/C27H30N2O4S/c1-32-22-14-12-21(13-15-22)29(25(30)18-24-11-6-16-34-24)26(19-7-5-10-23(17-19)33-2)27(31)28-20-8-3-4-9-20/h5-7,10-17,20,26H,3-4,8-9,18H2,1-2H3,(H,28,31)/t26-/m0/s1. The second-order valence-electron chi connectivity index (χ2n) is 8.39. The Labute approximate surface area is 204 Å². The Morgan fingerprint density at radius 3 is 2.38 bits per heavy atom. The number of methoxy groups -OCH3 is 2. The summed E-state index contributed by atoms with van der Waals surface area (Å²) in [5, 5.41) is 5.16. The molecule has 0 radical (unpaired) electrons. The molecule has 4 rings (SSSR count). The molecule has 7 heteroatoms. The molecule has 2 amide bonds. The van der Waals surface area contributed by atoms with Crippen LogP contribution in [0.4, 0.5) is 5.69 Å². The van der Waals surface area contributed by atoms with Crippen LogP contribution in [0.3, 0.4) is 0 Å². The fourth-order valence-electron chi connectivity index (χ4n) is 4.41. The number of hydrogen-bond acceptors (Lipinski definition) is 5. The molecule has 0 spiro atoms. The molecule has 1 aliphatic rings. The smallest absolute Gasteiger partial charge is 0.248 e. The molecular weight excluding hydrogens is 448 g/mol. The average molecular weight is 479 g/mol. The van der Waals surface area contributed by atoms with E-state index in [4.69, 9.17) is 9.47 Å². The summed E-state index contributed by atoms with van der Waals surface area (Å²) in [5.41, 5.74) is 1.34. The van der Waals surface area contributed by atoms with Crippen molar-refractivity contribution in [1.82, 2.24) is 5.32 Å². The summed E-state index contributed by atoms with van der Waals surface area (Å²) >= 11 is 1.53. The maximum atomic E-state index is 13.8. The summed E-state index contributed by atoms with van der Waals surface area (Å²) in [7, 11) is 3.19. The van der Waals surface area contributed by atoms with Gasteiger partial charge < -0.3 is 14.8 Å². The van der Waals surface area contributed by atoms with Gasteiger partial charge in [0.25, 0.3) is 0 Å². The van der Waals surface area contributed by atoms with Gasteiger partial charge in [0.1, 0.15) is 17.5 Å². The largest absolute Gasteiger partial charge is 0.497 e. The lowest BCUT2D eigenvalue weighted by atomic mass is 10.0. The molecule has 1 aromatic heterocycles. The second-order valence-corrected chi connectivity index (χ2v) is 9.42. The van der Waals surface area contributed by atoms with Crippen LogP contribution in [0.25, 0.3) is 0 Å². The number of hydrogen-bond donors (Lipinski definition) is 1. The molecule has 1 fully saturated rings. The van der Waals surface area contributed by atoms with Crippen LogP contribution in [0.15, 0.2) is 66.0 Å². The number of nitrogens with one attached hydrogen (secondary N) is 1. The third kappa shape index (κ3) is 5.59. The Morgan fingerprint density at radius 1 is 1.00 bits per heavy atom. The lowest BCUT2D eigenvalue weighted by molar-refractivity contribution is -0.127. The van der Waals surface area contributed by atoms with E-state index < -0.39 is 6.04 Å². The van der Waals surface area contributed by atoms with Crippen LogP contribution in [0, 0.1) is 0 Å². The number of thiophene rings is 1. The molecule has 178 valence electrons. The molecular formula is C27H30N2O4S. The van der Waals surface area contributed by atoms with Crippen molar-refractivity contribution in [2.75, 3.05) is 19.1 Å². The first-order chi connectivity index (χ1) is 16.6. The minimum absolute atomic E-state index is 0.130. The van der Waals surface area contributed by atoms with Crippen molar-refractivity contribution < 1.29 is 19.1 Å². The van der Waals surface area contributed by atoms with E-state index in [-0.39, 0.29) is 24.3 Å². The second kappa shape index (κ2) is 11.2. The molecule has 6 nitrogen and oxygen atoms in total. The van der Waals surface area contributed by atoms with E-state index in [1.54, 1.807) is 31.3 Å². The number of nitrogens with zero attached hydrogens (tertiary/aromatic N) is 1. The number of rotatable bonds is 9. The van der Waals surface area contributed by atoms with Crippen LogP contribution in [0.1, 0.15) is 42.2 Å². The zero-order valence-corrected chi connectivity index (χ0v) is 20.3. The van der Waals surface area contributed by atoms with E-state index in [1.807, 2.05) is 53.9 Å². The lowest BCUT2D eigenvalue weighted by Gasteiger charge is -2.32. The normalized spacial score (nSPS) is 14.4. The van der Waals surface area contributed by atoms with E-state index in [0.29, 0.717) is 22.7 Å². The maximum absolute atomic E-state index is 13.8. The van der Waals surface area contributed by atoms with Crippen LogP contribution >= 0.6 is 11.3 Å². The Morgan fingerprint density at radius 2 is 1.74 bits per heavy atom. The molecule has 1 heterocycles. The molecule has 34 heavy (non-hydrogen) atoms. The minimum Gasteiger partial charge on any atom is -0.497 e. The molecule has 0 aliphatic heterocycles. The third-order valence-electron chi connectivity index (χ3n) is 6.14. The highest BCUT2D eigenvalue weighted by Crippen LogP contribution is 2.32. The van der Waals surface area contributed by atoms with Gasteiger partial charge in [0.2, 0.25) is 11.8 Å². The van der Waals surface area contributed by atoms with Gasteiger partial charge >= 0.3 is 0 Å². The summed E-state index contributed by atoms with van der Waals surface area (Å²) in [4.78, 5) is 30.1.